The third-order valence-corrected chi connectivity index (χ3v) is 5.62. The minimum Gasteiger partial charge on any atom is -0.316 e. The van der Waals surface area contributed by atoms with Gasteiger partial charge in [-0.15, -0.1) is 0 Å². The van der Waals surface area contributed by atoms with E-state index in [4.69, 9.17) is 4.55 Å². The number of hydrogen-bond donors (Lipinski definition) is 2. The van der Waals surface area contributed by atoms with E-state index in [1.54, 1.807) is 0 Å². The Hall–Kier alpha value is -0.390. The Bertz CT molecular complexity index is 421. The molecule has 0 saturated heterocycles. The van der Waals surface area contributed by atoms with Gasteiger partial charge in [-0.05, 0) is 38.6 Å². The Morgan fingerprint density at radius 1 is 0.667 bits per heavy atom. The van der Waals surface area contributed by atoms with Gasteiger partial charge >= 0.3 is 0 Å². The summed E-state index contributed by atoms with van der Waals surface area (Å²) >= 11 is 0. The molecule has 0 amide bonds. The summed E-state index contributed by atoms with van der Waals surface area (Å²) in [7, 11) is -3.82. The minimum atomic E-state index is -3.82. The van der Waals surface area contributed by atoms with Crippen LogP contribution in [0.15, 0.2) is 12.2 Å². The summed E-state index contributed by atoms with van der Waals surface area (Å²) in [5, 5.41) is 3.05. The van der Waals surface area contributed by atoms with E-state index in [0.29, 0.717) is 6.54 Å². The number of nitrogens with one attached hydrogen (secondary N) is 1. The van der Waals surface area contributed by atoms with Gasteiger partial charge in [0.05, 0.1) is 5.75 Å². The lowest BCUT2D eigenvalue weighted by Crippen LogP contribution is -2.23. The van der Waals surface area contributed by atoms with Gasteiger partial charge in [-0.25, -0.2) is 0 Å². The van der Waals surface area contributed by atoms with Gasteiger partial charge in [0.1, 0.15) is 0 Å². The van der Waals surface area contributed by atoms with Crippen LogP contribution in [0, 0.1) is 0 Å². The van der Waals surface area contributed by atoms with Crippen molar-refractivity contribution in [2.45, 2.75) is 110 Å². The van der Waals surface area contributed by atoms with Crippen molar-refractivity contribution in [1.29, 1.82) is 0 Å². The molecule has 0 spiro atoms. The van der Waals surface area contributed by atoms with Gasteiger partial charge in [0, 0.05) is 6.54 Å². The quantitative estimate of drug-likeness (QED) is 0.134. The molecule has 0 aromatic heterocycles. The maximum absolute atomic E-state index is 10.5. The van der Waals surface area contributed by atoms with E-state index in [1.165, 1.54) is 96.3 Å². The van der Waals surface area contributed by atoms with Crippen molar-refractivity contribution < 1.29 is 13.0 Å². The standard InChI is InChI=1S/C22H45NO3S/c1-2-3-4-5-6-7-8-9-10-11-12-13-14-15-16-17-18-19-20-23-21-22-27(24,25)26/h9-10,23H,2-8,11-22H2,1H3,(H,24,25,26)/b10-9-. The first-order chi connectivity index (χ1) is 13.1. The Morgan fingerprint density at radius 2 is 1.11 bits per heavy atom. The summed E-state index contributed by atoms with van der Waals surface area (Å²) < 4.78 is 29.7. The van der Waals surface area contributed by atoms with Gasteiger partial charge in [0.25, 0.3) is 10.1 Å². The summed E-state index contributed by atoms with van der Waals surface area (Å²) in [6.45, 7) is 3.44. The van der Waals surface area contributed by atoms with E-state index in [1.807, 2.05) is 0 Å². The maximum Gasteiger partial charge on any atom is 0.266 e. The maximum atomic E-state index is 10.5. The second kappa shape index (κ2) is 20.3. The van der Waals surface area contributed by atoms with Crippen molar-refractivity contribution in [2.75, 3.05) is 18.8 Å². The average Bonchev–Trinajstić information content (AvgIpc) is 2.62. The molecule has 0 aliphatic carbocycles. The van der Waals surface area contributed by atoms with Gasteiger partial charge in [-0.1, -0.05) is 89.7 Å². The lowest BCUT2D eigenvalue weighted by Gasteiger charge is -2.04. The molecule has 0 rings (SSSR count). The molecule has 0 aliphatic rings. The zero-order valence-corrected chi connectivity index (χ0v) is 18.6. The summed E-state index contributed by atoms with van der Waals surface area (Å²) in [4.78, 5) is 0. The molecular formula is C22H45NO3S. The molecule has 27 heavy (non-hydrogen) atoms. The number of unbranched alkanes of at least 4 members (excludes halogenated alkanes) is 14. The van der Waals surface area contributed by atoms with E-state index < -0.39 is 10.1 Å². The predicted octanol–water partition coefficient (Wildman–Crippen LogP) is 6.28. The average molecular weight is 404 g/mol. The van der Waals surface area contributed by atoms with Crippen molar-refractivity contribution in [1.82, 2.24) is 5.32 Å². The minimum absolute atomic E-state index is 0.193. The molecule has 5 heteroatoms. The van der Waals surface area contributed by atoms with Crippen LogP contribution in [0.25, 0.3) is 0 Å². The topological polar surface area (TPSA) is 66.4 Å². The van der Waals surface area contributed by atoms with Crippen LogP contribution in [0.4, 0.5) is 0 Å². The van der Waals surface area contributed by atoms with Crippen LogP contribution in [0.5, 0.6) is 0 Å². The molecule has 0 unspecified atom stereocenters. The van der Waals surface area contributed by atoms with Crippen molar-refractivity contribution in [3.8, 4) is 0 Å². The second-order valence-corrected chi connectivity index (χ2v) is 9.25. The SMILES string of the molecule is CCCCCCCC/C=C\CCCCCCCCCCNCCS(=O)(=O)O. The molecule has 0 saturated carbocycles. The predicted molar refractivity (Wildman–Crippen MR) is 118 cm³/mol. The normalized spacial score (nSPS) is 12.2. The van der Waals surface area contributed by atoms with E-state index in [0.717, 1.165) is 13.0 Å². The van der Waals surface area contributed by atoms with Gasteiger partial charge < -0.3 is 5.32 Å². The molecular weight excluding hydrogens is 358 g/mol. The van der Waals surface area contributed by atoms with Gasteiger partial charge in [0.2, 0.25) is 0 Å². The smallest absolute Gasteiger partial charge is 0.266 e. The van der Waals surface area contributed by atoms with Crippen LogP contribution < -0.4 is 5.32 Å². The monoisotopic (exact) mass is 403 g/mol. The first-order valence-electron chi connectivity index (χ1n) is 11.4. The molecule has 0 aromatic rings. The summed E-state index contributed by atoms with van der Waals surface area (Å²) in [5.41, 5.74) is 0. The lowest BCUT2D eigenvalue weighted by molar-refractivity contribution is 0.479. The van der Waals surface area contributed by atoms with Crippen molar-refractivity contribution in [3.63, 3.8) is 0 Å². The third kappa shape index (κ3) is 25.6. The van der Waals surface area contributed by atoms with E-state index in [2.05, 4.69) is 24.4 Å². The highest BCUT2D eigenvalue weighted by Gasteiger charge is 2.02. The molecule has 0 aliphatic heterocycles. The third-order valence-electron chi connectivity index (χ3n) is 4.90. The molecule has 4 nitrogen and oxygen atoms in total. The fourth-order valence-electron chi connectivity index (χ4n) is 3.18. The van der Waals surface area contributed by atoms with Crippen LogP contribution in [0.3, 0.4) is 0 Å². The molecule has 0 radical (unpaired) electrons. The van der Waals surface area contributed by atoms with Crippen molar-refractivity contribution >= 4 is 10.1 Å². The van der Waals surface area contributed by atoms with Gasteiger partial charge in [0.15, 0.2) is 0 Å². The Balaban J connectivity index is 3.11. The highest BCUT2D eigenvalue weighted by atomic mass is 32.2. The molecule has 0 aromatic carbocycles. The molecule has 0 atom stereocenters. The second-order valence-electron chi connectivity index (χ2n) is 7.68. The lowest BCUT2D eigenvalue weighted by atomic mass is 10.1. The Kier molecular flexibility index (Phi) is 20.1. The highest BCUT2D eigenvalue weighted by Crippen LogP contribution is 2.11. The fourth-order valence-corrected chi connectivity index (χ4v) is 3.58. The van der Waals surface area contributed by atoms with Crippen LogP contribution in [0.2, 0.25) is 0 Å². The van der Waals surface area contributed by atoms with Crippen LogP contribution in [-0.2, 0) is 10.1 Å². The Morgan fingerprint density at radius 3 is 1.59 bits per heavy atom. The largest absolute Gasteiger partial charge is 0.316 e. The number of allylic oxidation sites excluding steroid dienone is 2. The number of hydrogen-bond acceptors (Lipinski definition) is 3. The summed E-state index contributed by atoms with van der Waals surface area (Å²) in [5.74, 6) is -0.193. The molecule has 0 fully saturated rings. The van der Waals surface area contributed by atoms with Crippen LogP contribution in [-0.4, -0.2) is 31.8 Å². The molecule has 0 bridgehead atoms. The van der Waals surface area contributed by atoms with Gasteiger partial charge in [-0.3, -0.25) is 4.55 Å². The van der Waals surface area contributed by atoms with E-state index >= 15 is 0 Å². The first-order valence-corrected chi connectivity index (χ1v) is 13.0. The summed E-state index contributed by atoms with van der Waals surface area (Å²) in [6, 6.07) is 0. The number of rotatable bonds is 21. The zero-order valence-electron chi connectivity index (χ0n) is 17.8. The van der Waals surface area contributed by atoms with E-state index in [9.17, 15) is 8.42 Å². The Labute approximate surface area is 169 Å². The molecule has 2 N–H and O–H groups in total. The molecule has 0 heterocycles. The highest BCUT2D eigenvalue weighted by molar-refractivity contribution is 7.85. The van der Waals surface area contributed by atoms with Crippen LogP contribution >= 0.6 is 0 Å². The van der Waals surface area contributed by atoms with E-state index in [-0.39, 0.29) is 5.75 Å². The first kappa shape index (κ1) is 26.6. The summed E-state index contributed by atoms with van der Waals surface area (Å²) in [6.07, 6.45) is 25.7. The molecule has 162 valence electrons. The van der Waals surface area contributed by atoms with Crippen LogP contribution in [0.1, 0.15) is 110 Å². The van der Waals surface area contributed by atoms with Gasteiger partial charge in [-0.2, -0.15) is 8.42 Å². The van der Waals surface area contributed by atoms with Crippen molar-refractivity contribution in [2.24, 2.45) is 0 Å². The fraction of sp³-hybridized carbons (Fsp3) is 0.909. The van der Waals surface area contributed by atoms with Crippen molar-refractivity contribution in [3.05, 3.63) is 12.2 Å². The zero-order chi connectivity index (χ0) is 20.1.